The molecule has 3 heteroatoms. The number of hydrogen-bond donors (Lipinski definition) is 2. The first-order chi connectivity index (χ1) is 8.17. The Bertz CT molecular complexity index is 228. The third-order valence-corrected chi connectivity index (χ3v) is 4.65. The van der Waals surface area contributed by atoms with Crippen LogP contribution < -0.4 is 5.32 Å². The average molecular weight is 240 g/mol. The van der Waals surface area contributed by atoms with Crippen molar-refractivity contribution in [3.8, 4) is 0 Å². The molecule has 3 nitrogen and oxygen atoms in total. The van der Waals surface area contributed by atoms with Crippen LogP contribution in [0, 0.1) is 5.41 Å². The van der Waals surface area contributed by atoms with Gasteiger partial charge in [-0.15, -0.1) is 0 Å². The number of likely N-dealkylation sites (tertiary alicyclic amines) is 1. The summed E-state index contributed by atoms with van der Waals surface area (Å²) >= 11 is 0. The number of hydrogen-bond acceptors (Lipinski definition) is 3. The number of rotatable bonds is 6. The van der Waals surface area contributed by atoms with Gasteiger partial charge in [0.1, 0.15) is 0 Å². The fourth-order valence-corrected chi connectivity index (χ4v) is 2.59. The molecule has 0 amide bonds. The summed E-state index contributed by atoms with van der Waals surface area (Å²) in [6, 6.07) is 1.59. The summed E-state index contributed by atoms with van der Waals surface area (Å²) in [4.78, 5) is 2.66. The molecule has 1 atom stereocenters. The summed E-state index contributed by atoms with van der Waals surface area (Å²) in [6.45, 7) is 8.10. The molecule has 0 aromatic heterocycles. The third kappa shape index (κ3) is 3.67. The zero-order valence-corrected chi connectivity index (χ0v) is 11.4. The summed E-state index contributed by atoms with van der Waals surface area (Å²) in [7, 11) is 0. The molecule has 2 fully saturated rings. The topological polar surface area (TPSA) is 35.5 Å². The van der Waals surface area contributed by atoms with Crippen molar-refractivity contribution >= 4 is 0 Å². The van der Waals surface area contributed by atoms with Crippen LogP contribution in [0.4, 0.5) is 0 Å². The lowest BCUT2D eigenvalue weighted by atomic mass is 9.88. The average Bonchev–Trinajstić information content (AvgIpc) is 3.21. The van der Waals surface area contributed by atoms with Gasteiger partial charge in [0.05, 0.1) is 0 Å². The molecule has 0 aromatic rings. The fourth-order valence-electron chi connectivity index (χ4n) is 2.59. The Morgan fingerprint density at radius 1 is 1.24 bits per heavy atom. The Hall–Kier alpha value is -0.120. The highest BCUT2D eigenvalue weighted by atomic mass is 16.3. The van der Waals surface area contributed by atoms with Crippen molar-refractivity contribution in [1.82, 2.24) is 10.2 Å². The number of aliphatic hydroxyl groups is 1. The highest BCUT2D eigenvalue weighted by Gasteiger charge is 2.32. The molecule has 0 aromatic carbocycles. The molecular weight excluding hydrogens is 212 g/mol. The van der Waals surface area contributed by atoms with Crippen LogP contribution in [-0.4, -0.2) is 48.3 Å². The van der Waals surface area contributed by atoms with E-state index in [2.05, 4.69) is 24.1 Å². The van der Waals surface area contributed by atoms with Gasteiger partial charge in [-0.3, -0.25) is 0 Å². The van der Waals surface area contributed by atoms with Crippen molar-refractivity contribution in [2.75, 3.05) is 26.2 Å². The van der Waals surface area contributed by atoms with Gasteiger partial charge in [0.25, 0.3) is 0 Å². The van der Waals surface area contributed by atoms with Crippen molar-refractivity contribution in [2.24, 2.45) is 5.41 Å². The van der Waals surface area contributed by atoms with Crippen LogP contribution in [-0.2, 0) is 0 Å². The third-order valence-electron chi connectivity index (χ3n) is 4.65. The van der Waals surface area contributed by atoms with Gasteiger partial charge in [-0.2, -0.15) is 0 Å². The van der Waals surface area contributed by atoms with Crippen LogP contribution in [0.3, 0.4) is 0 Å². The maximum Gasteiger partial charge on any atom is 0.0496 e. The smallest absolute Gasteiger partial charge is 0.0496 e. The molecule has 17 heavy (non-hydrogen) atoms. The van der Waals surface area contributed by atoms with Gasteiger partial charge < -0.3 is 15.3 Å². The molecule has 1 saturated carbocycles. The summed E-state index contributed by atoms with van der Waals surface area (Å²) in [6.07, 6.45) is 6.45. The second-order valence-corrected chi connectivity index (χ2v) is 6.24. The van der Waals surface area contributed by atoms with E-state index in [1.807, 2.05) is 0 Å². The van der Waals surface area contributed by atoms with Gasteiger partial charge in [0, 0.05) is 30.7 Å². The summed E-state index contributed by atoms with van der Waals surface area (Å²) in [5.74, 6) is 0. The minimum atomic E-state index is 0.0631. The second-order valence-electron chi connectivity index (χ2n) is 6.24. The van der Waals surface area contributed by atoms with Gasteiger partial charge >= 0.3 is 0 Å². The van der Waals surface area contributed by atoms with Gasteiger partial charge in [-0.1, -0.05) is 13.8 Å². The van der Waals surface area contributed by atoms with Gasteiger partial charge in [0.2, 0.25) is 0 Å². The zero-order chi connectivity index (χ0) is 12.3. The predicted molar refractivity (Wildman–Crippen MR) is 71.1 cm³/mol. The molecule has 0 radical (unpaired) electrons. The van der Waals surface area contributed by atoms with Crippen molar-refractivity contribution in [2.45, 2.75) is 58.0 Å². The molecular formula is C14H28N2O. The Morgan fingerprint density at radius 2 is 1.88 bits per heavy atom. The van der Waals surface area contributed by atoms with E-state index in [1.54, 1.807) is 0 Å². The number of nitrogens with zero attached hydrogens (tertiary/aromatic N) is 1. The molecule has 2 rings (SSSR count). The molecule has 2 aliphatic rings. The lowest BCUT2D eigenvalue weighted by molar-refractivity contribution is 0.121. The number of piperidine rings is 1. The SMILES string of the molecule is CCC(C)(CO)CNC1CCN(C2CC2)CC1. The highest BCUT2D eigenvalue weighted by molar-refractivity contribution is 4.89. The summed E-state index contributed by atoms with van der Waals surface area (Å²) in [5.41, 5.74) is 0.0631. The van der Waals surface area contributed by atoms with E-state index in [-0.39, 0.29) is 12.0 Å². The standard InChI is InChI=1S/C14H28N2O/c1-3-14(2,11-17)10-15-12-6-8-16(9-7-12)13-4-5-13/h12-13,15,17H,3-11H2,1-2H3. The molecule has 0 bridgehead atoms. The molecule has 1 heterocycles. The number of aliphatic hydroxyl groups excluding tert-OH is 1. The molecule has 1 unspecified atom stereocenters. The molecule has 0 spiro atoms. The van der Waals surface area contributed by atoms with Crippen LogP contribution >= 0.6 is 0 Å². The highest BCUT2D eigenvalue weighted by Crippen LogP contribution is 2.29. The van der Waals surface area contributed by atoms with Crippen LogP contribution in [0.15, 0.2) is 0 Å². The minimum Gasteiger partial charge on any atom is -0.396 e. The quantitative estimate of drug-likeness (QED) is 0.740. The van der Waals surface area contributed by atoms with E-state index < -0.39 is 0 Å². The lowest BCUT2D eigenvalue weighted by Gasteiger charge is -2.35. The Morgan fingerprint density at radius 3 is 2.35 bits per heavy atom. The monoisotopic (exact) mass is 240 g/mol. The lowest BCUT2D eigenvalue weighted by Crippen LogP contribution is -2.46. The zero-order valence-electron chi connectivity index (χ0n) is 11.4. The van der Waals surface area contributed by atoms with E-state index >= 15 is 0 Å². The summed E-state index contributed by atoms with van der Waals surface area (Å²) < 4.78 is 0. The maximum atomic E-state index is 9.39. The molecule has 100 valence electrons. The molecule has 1 aliphatic carbocycles. The minimum absolute atomic E-state index is 0.0631. The van der Waals surface area contributed by atoms with Crippen molar-refractivity contribution in [3.05, 3.63) is 0 Å². The Labute approximate surface area is 106 Å². The maximum absolute atomic E-state index is 9.39. The fraction of sp³-hybridized carbons (Fsp3) is 1.00. The number of nitrogens with one attached hydrogen (secondary N) is 1. The molecule has 1 aliphatic heterocycles. The van der Waals surface area contributed by atoms with E-state index in [0.29, 0.717) is 6.04 Å². The first-order valence-electron chi connectivity index (χ1n) is 7.25. The van der Waals surface area contributed by atoms with Gasteiger partial charge in [-0.05, 0) is 45.2 Å². The van der Waals surface area contributed by atoms with Crippen molar-refractivity contribution < 1.29 is 5.11 Å². The normalized spacial score (nSPS) is 27.0. The van der Waals surface area contributed by atoms with Crippen molar-refractivity contribution in [3.63, 3.8) is 0 Å². The van der Waals surface area contributed by atoms with Gasteiger partial charge in [0.15, 0.2) is 0 Å². The Kier molecular flexibility index (Phi) is 4.45. The first-order valence-corrected chi connectivity index (χ1v) is 7.25. The molecule has 1 saturated heterocycles. The van der Waals surface area contributed by atoms with Crippen LogP contribution in [0.1, 0.15) is 46.0 Å². The molecule has 2 N–H and O–H groups in total. The van der Waals surface area contributed by atoms with Crippen molar-refractivity contribution in [1.29, 1.82) is 0 Å². The summed E-state index contributed by atoms with van der Waals surface area (Å²) in [5, 5.41) is 13.0. The van der Waals surface area contributed by atoms with Gasteiger partial charge in [-0.25, -0.2) is 0 Å². The van der Waals surface area contributed by atoms with Crippen LogP contribution in [0.5, 0.6) is 0 Å². The van der Waals surface area contributed by atoms with E-state index in [1.165, 1.54) is 38.8 Å². The van der Waals surface area contributed by atoms with Crippen LogP contribution in [0.2, 0.25) is 0 Å². The predicted octanol–water partition coefficient (Wildman–Crippen LogP) is 1.61. The van der Waals surface area contributed by atoms with E-state index in [4.69, 9.17) is 0 Å². The van der Waals surface area contributed by atoms with E-state index in [9.17, 15) is 5.11 Å². The largest absolute Gasteiger partial charge is 0.396 e. The second kappa shape index (κ2) is 5.68. The van der Waals surface area contributed by atoms with Crippen LogP contribution in [0.25, 0.3) is 0 Å². The van der Waals surface area contributed by atoms with E-state index in [0.717, 1.165) is 19.0 Å². The Balaban J connectivity index is 1.67. The first kappa shape index (κ1) is 13.3.